The van der Waals surface area contributed by atoms with Gasteiger partial charge in [0.2, 0.25) is 6.41 Å². The van der Waals surface area contributed by atoms with Gasteiger partial charge < -0.3 is 15.1 Å². The second-order valence-electron chi connectivity index (χ2n) is 4.46. The zero-order valence-electron chi connectivity index (χ0n) is 11.0. The summed E-state index contributed by atoms with van der Waals surface area (Å²) < 4.78 is 12.7. The Kier molecular flexibility index (Phi) is 4.70. The van der Waals surface area contributed by atoms with Gasteiger partial charge in [0.05, 0.1) is 0 Å². The van der Waals surface area contributed by atoms with Crippen molar-refractivity contribution in [2.45, 2.75) is 0 Å². The van der Waals surface area contributed by atoms with Crippen molar-refractivity contribution in [1.82, 2.24) is 15.1 Å². The number of hydrogen-bond donors (Lipinski definition) is 1. The van der Waals surface area contributed by atoms with Crippen LogP contribution in [0.5, 0.6) is 0 Å². The molecule has 20 heavy (non-hydrogen) atoms. The number of amides is 3. The van der Waals surface area contributed by atoms with Crippen LogP contribution < -0.4 is 5.32 Å². The highest BCUT2D eigenvalue weighted by molar-refractivity contribution is 5.76. The standard InChI is InChI=1S/C14H16FN3O2/c15-13-3-1-12(2-4-13)5-6-16-14(20)18-9-7-17(11-19)8-10-18/h1-6,11H,7-10H2,(H,16,20)/b6-5+. The highest BCUT2D eigenvalue weighted by Gasteiger charge is 2.18. The molecule has 0 aromatic heterocycles. The second kappa shape index (κ2) is 6.70. The third-order valence-corrected chi connectivity index (χ3v) is 3.10. The van der Waals surface area contributed by atoms with Crippen molar-refractivity contribution >= 4 is 18.5 Å². The van der Waals surface area contributed by atoms with Crippen molar-refractivity contribution in [2.24, 2.45) is 0 Å². The van der Waals surface area contributed by atoms with Crippen molar-refractivity contribution in [3.63, 3.8) is 0 Å². The normalized spacial score (nSPS) is 15.4. The number of halogens is 1. The molecule has 0 saturated carbocycles. The van der Waals surface area contributed by atoms with E-state index in [1.165, 1.54) is 18.3 Å². The molecule has 1 N–H and O–H groups in total. The highest BCUT2D eigenvalue weighted by Crippen LogP contribution is 2.04. The number of piperazine rings is 1. The molecule has 0 spiro atoms. The van der Waals surface area contributed by atoms with Gasteiger partial charge in [0.25, 0.3) is 0 Å². The van der Waals surface area contributed by atoms with Gasteiger partial charge in [0.15, 0.2) is 0 Å². The van der Waals surface area contributed by atoms with E-state index in [1.54, 1.807) is 28.0 Å². The van der Waals surface area contributed by atoms with E-state index in [0.29, 0.717) is 26.2 Å². The van der Waals surface area contributed by atoms with Crippen LogP contribution in [-0.4, -0.2) is 48.4 Å². The van der Waals surface area contributed by atoms with E-state index >= 15 is 0 Å². The summed E-state index contributed by atoms with van der Waals surface area (Å²) in [5.41, 5.74) is 0.803. The van der Waals surface area contributed by atoms with Gasteiger partial charge in [-0.1, -0.05) is 12.1 Å². The van der Waals surface area contributed by atoms with Crippen molar-refractivity contribution in [1.29, 1.82) is 0 Å². The molecule has 1 fully saturated rings. The maximum Gasteiger partial charge on any atom is 0.321 e. The van der Waals surface area contributed by atoms with Gasteiger partial charge in [-0.05, 0) is 23.8 Å². The first-order valence-corrected chi connectivity index (χ1v) is 6.36. The summed E-state index contributed by atoms with van der Waals surface area (Å²) in [6, 6.07) is 5.77. The number of carbonyl (C=O) groups is 2. The van der Waals surface area contributed by atoms with Gasteiger partial charge in [0, 0.05) is 32.4 Å². The fourth-order valence-electron chi connectivity index (χ4n) is 1.90. The van der Waals surface area contributed by atoms with Crippen LogP contribution >= 0.6 is 0 Å². The van der Waals surface area contributed by atoms with Crippen molar-refractivity contribution in [2.75, 3.05) is 26.2 Å². The second-order valence-corrected chi connectivity index (χ2v) is 4.46. The molecule has 1 aliphatic rings. The molecule has 0 unspecified atom stereocenters. The van der Waals surface area contributed by atoms with Crippen LogP contribution in [0.2, 0.25) is 0 Å². The lowest BCUT2D eigenvalue weighted by Crippen LogP contribution is -2.50. The van der Waals surface area contributed by atoms with Crippen LogP contribution in [0.15, 0.2) is 30.5 Å². The zero-order chi connectivity index (χ0) is 14.4. The van der Waals surface area contributed by atoms with Crippen LogP contribution in [-0.2, 0) is 4.79 Å². The number of benzene rings is 1. The molecular formula is C14H16FN3O2. The number of hydrogen-bond acceptors (Lipinski definition) is 2. The van der Waals surface area contributed by atoms with Crippen molar-refractivity contribution in [3.8, 4) is 0 Å². The molecule has 5 nitrogen and oxygen atoms in total. The number of nitrogens with zero attached hydrogens (tertiary/aromatic N) is 2. The van der Waals surface area contributed by atoms with E-state index in [-0.39, 0.29) is 11.8 Å². The summed E-state index contributed by atoms with van der Waals surface area (Å²) in [5, 5.41) is 2.65. The topological polar surface area (TPSA) is 52.7 Å². The Bertz CT molecular complexity index is 494. The molecule has 3 amide bonds. The molecule has 1 aromatic carbocycles. The average Bonchev–Trinajstić information content (AvgIpc) is 2.49. The molecule has 0 atom stereocenters. The van der Waals surface area contributed by atoms with Crippen LogP contribution in [0.25, 0.3) is 6.08 Å². The summed E-state index contributed by atoms with van der Waals surface area (Å²) in [6.45, 7) is 2.15. The largest absolute Gasteiger partial charge is 0.342 e. The minimum Gasteiger partial charge on any atom is -0.342 e. The van der Waals surface area contributed by atoms with Crippen LogP contribution in [0.4, 0.5) is 9.18 Å². The first-order chi connectivity index (χ1) is 9.69. The third kappa shape index (κ3) is 3.81. The quantitative estimate of drug-likeness (QED) is 0.846. The van der Waals surface area contributed by atoms with E-state index in [1.807, 2.05) is 0 Å². The minimum atomic E-state index is -0.292. The fraction of sp³-hybridized carbons (Fsp3) is 0.286. The molecule has 1 heterocycles. The maximum atomic E-state index is 12.7. The molecular weight excluding hydrogens is 261 g/mol. The Hall–Kier alpha value is -2.37. The number of nitrogens with one attached hydrogen (secondary N) is 1. The number of rotatable bonds is 3. The van der Waals surface area contributed by atoms with E-state index < -0.39 is 0 Å². The molecule has 1 aliphatic heterocycles. The molecule has 106 valence electrons. The Balaban J connectivity index is 1.80. The Morgan fingerprint density at radius 1 is 1.15 bits per heavy atom. The van der Waals surface area contributed by atoms with Crippen LogP contribution in [0.1, 0.15) is 5.56 Å². The summed E-state index contributed by atoms with van der Waals surface area (Å²) in [4.78, 5) is 25.7. The lowest BCUT2D eigenvalue weighted by Gasteiger charge is -2.32. The maximum absolute atomic E-state index is 12.7. The lowest BCUT2D eigenvalue weighted by molar-refractivity contribution is -0.119. The Morgan fingerprint density at radius 2 is 1.80 bits per heavy atom. The van der Waals surface area contributed by atoms with Gasteiger partial charge in [0.1, 0.15) is 5.82 Å². The summed E-state index contributed by atoms with van der Waals surface area (Å²) in [6.07, 6.45) is 4.02. The lowest BCUT2D eigenvalue weighted by atomic mass is 10.2. The molecule has 1 aromatic rings. The van der Waals surface area contributed by atoms with Crippen molar-refractivity contribution < 1.29 is 14.0 Å². The summed E-state index contributed by atoms with van der Waals surface area (Å²) in [5.74, 6) is -0.292. The molecule has 0 radical (unpaired) electrons. The first kappa shape index (κ1) is 14.0. The Morgan fingerprint density at radius 3 is 2.40 bits per heavy atom. The average molecular weight is 277 g/mol. The first-order valence-electron chi connectivity index (χ1n) is 6.36. The summed E-state index contributed by atoms with van der Waals surface area (Å²) in [7, 11) is 0. The summed E-state index contributed by atoms with van der Waals surface area (Å²) >= 11 is 0. The molecule has 0 aliphatic carbocycles. The van der Waals surface area contributed by atoms with Gasteiger partial charge in [-0.15, -0.1) is 0 Å². The van der Waals surface area contributed by atoms with Crippen LogP contribution in [0, 0.1) is 5.82 Å². The van der Waals surface area contributed by atoms with E-state index in [2.05, 4.69) is 5.32 Å². The molecule has 2 rings (SSSR count). The van der Waals surface area contributed by atoms with Gasteiger partial charge in [-0.25, -0.2) is 9.18 Å². The Labute approximate surface area is 116 Å². The predicted octanol–water partition coefficient (Wildman–Crippen LogP) is 1.28. The monoisotopic (exact) mass is 277 g/mol. The fourth-order valence-corrected chi connectivity index (χ4v) is 1.90. The van der Waals surface area contributed by atoms with Crippen LogP contribution in [0.3, 0.4) is 0 Å². The molecule has 0 bridgehead atoms. The zero-order valence-corrected chi connectivity index (χ0v) is 11.0. The number of carbonyl (C=O) groups excluding carboxylic acids is 2. The van der Waals surface area contributed by atoms with Gasteiger partial charge in [-0.3, -0.25) is 4.79 Å². The number of urea groups is 1. The van der Waals surface area contributed by atoms with E-state index in [9.17, 15) is 14.0 Å². The van der Waals surface area contributed by atoms with Crippen molar-refractivity contribution in [3.05, 3.63) is 41.8 Å². The third-order valence-electron chi connectivity index (χ3n) is 3.10. The van der Waals surface area contributed by atoms with E-state index in [0.717, 1.165) is 12.0 Å². The minimum absolute atomic E-state index is 0.200. The van der Waals surface area contributed by atoms with Gasteiger partial charge >= 0.3 is 6.03 Å². The smallest absolute Gasteiger partial charge is 0.321 e. The SMILES string of the molecule is O=CN1CCN(C(=O)N/C=C/c2ccc(F)cc2)CC1. The predicted molar refractivity (Wildman–Crippen MR) is 73.2 cm³/mol. The molecule has 1 saturated heterocycles. The molecule has 6 heteroatoms. The highest BCUT2D eigenvalue weighted by atomic mass is 19.1. The van der Waals surface area contributed by atoms with Gasteiger partial charge in [-0.2, -0.15) is 0 Å². The van der Waals surface area contributed by atoms with E-state index in [4.69, 9.17) is 0 Å².